The van der Waals surface area contributed by atoms with Gasteiger partial charge in [0.2, 0.25) is 0 Å². The molecule has 3 nitrogen and oxygen atoms in total. The molecule has 3 rings (SSSR count). The first-order chi connectivity index (χ1) is 10.3. The first-order valence-corrected chi connectivity index (χ1v) is 7.01. The maximum atomic E-state index is 11.8. The van der Waals surface area contributed by atoms with Gasteiger partial charge in [-0.05, 0) is 18.4 Å². The fourth-order valence-electron chi connectivity index (χ4n) is 2.29. The minimum Gasteiger partial charge on any atom is -0.307 e. The average molecular weight is 276 g/mol. The van der Waals surface area contributed by atoms with Crippen LogP contribution in [0.3, 0.4) is 0 Å². The van der Waals surface area contributed by atoms with Crippen LogP contribution in [0.15, 0.2) is 71.5 Å². The van der Waals surface area contributed by atoms with Crippen LogP contribution in [0.25, 0.3) is 11.4 Å². The second-order valence-corrected chi connectivity index (χ2v) is 4.94. The Labute approximate surface area is 123 Å². The normalized spacial score (nSPS) is 10.5. The lowest BCUT2D eigenvalue weighted by Gasteiger charge is -2.05. The van der Waals surface area contributed by atoms with Gasteiger partial charge in [0.1, 0.15) is 5.82 Å². The summed E-state index contributed by atoms with van der Waals surface area (Å²) in [6.07, 6.45) is 1.64. The van der Waals surface area contributed by atoms with Crippen molar-refractivity contribution in [1.82, 2.24) is 9.97 Å². The summed E-state index contributed by atoms with van der Waals surface area (Å²) in [6.45, 7) is 0. The monoisotopic (exact) mass is 276 g/mol. The number of nitrogens with one attached hydrogen (secondary N) is 1. The third kappa shape index (κ3) is 3.45. The summed E-state index contributed by atoms with van der Waals surface area (Å²) in [4.78, 5) is 19.2. The highest BCUT2D eigenvalue weighted by atomic mass is 16.1. The molecule has 0 spiro atoms. The van der Waals surface area contributed by atoms with Gasteiger partial charge in [0.15, 0.2) is 0 Å². The van der Waals surface area contributed by atoms with E-state index >= 15 is 0 Å². The van der Waals surface area contributed by atoms with Gasteiger partial charge in [0.05, 0.1) is 0 Å². The van der Waals surface area contributed by atoms with E-state index in [0.29, 0.717) is 5.82 Å². The maximum Gasteiger partial charge on any atom is 0.251 e. The summed E-state index contributed by atoms with van der Waals surface area (Å²) in [5.41, 5.74) is 2.89. The molecule has 0 saturated carbocycles. The standard InChI is InChI=1S/C18H16N2O/c21-17-13-16(12-11-14-7-3-1-4-8-14)19-18(20-17)15-9-5-2-6-10-15/h1-10,13H,11-12H2,(H,19,20,21). The summed E-state index contributed by atoms with van der Waals surface area (Å²) < 4.78 is 0. The molecule has 0 amide bonds. The molecule has 21 heavy (non-hydrogen) atoms. The van der Waals surface area contributed by atoms with Crippen LogP contribution < -0.4 is 5.56 Å². The van der Waals surface area contributed by atoms with Crippen LogP contribution in [0.1, 0.15) is 11.3 Å². The van der Waals surface area contributed by atoms with Gasteiger partial charge < -0.3 is 4.98 Å². The first kappa shape index (κ1) is 13.3. The summed E-state index contributed by atoms with van der Waals surface area (Å²) in [7, 11) is 0. The molecule has 0 bridgehead atoms. The lowest BCUT2D eigenvalue weighted by Crippen LogP contribution is -2.11. The number of benzene rings is 2. The van der Waals surface area contributed by atoms with Gasteiger partial charge in [-0.1, -0.05) is 60.7 Å². The number of hydrogen-bond acceptors (Lipinski definition) is 2. The zero-order valence-electron chi connectivity index (χ0n) is 11.6. The average Bonchev–Trinajstić information content (AvgIpc) is 2.54. The van der Waals surface area contributed by atoms with E-state index in [4.69, 9.17) is 0 Å². The number of nitrogens with zero attached hydrogens (tertiary/aromatic N) is 1. The molecule has 3 aromatic rings. The van der Waals surface area contributed by atoms with Crippen LogP contribution in [-0.4, -0.2) is 9.97 Å². The molecule has 2 aromatic carbocycles. The summed E-state index contributed by atoms with van der Waals surface area (Å²) in [5.74, 6) is 0.631. The van der Waals surface area contributed by atoms with Crippen LogP contribution >= 0.6 is 0 Å². The Balaban J connectivity index is 1.83. The van der Waals surface area contributed by atoms with Crippen molar-refractivity contribution >= 4 is 0 Å². The Morgan fingerprint density at radius 2 is 1.52 bits per heavy atom. The Kier molecular flexibility index (Phi) is 3.92. The van der Waals surface area contributed by atoms with Crippen LogP contribution in [0.2, 0.25) is 0 Å². The van der Waals surface area contributed by atoms with Gasteiger partial charge in [-0.15, -0.1) is 0 Å². The Bertz CT molecular complexity index is 764. The van der Waals surface area contributed by atoms with E-state index in [9.17, 15) is 4.79 Å². The molecular formula is C18H16N2O. The summed E-state index contributed by atoms with van der Waals surface area (Å²) in [5, 5.41) is 0. The van der Waals surface area contributed by atoms with Crippen LogP contribution in [0.4, 0.5) is 0 Å². The molecule has 0 aliphatic heterocycles. The van der Waals surface area contributed by atoms with E-state index in [-0.39, 0.29) is 5.56 Å². The Morgan fingerprint density at radius 1 is 0.857 bits per heavy atom. The van der Waals surface area contributed by atoms with Crippen molar-refractivity contribution in [2.24, 2.45) is 0 Å². The van der Waals surface area contributed by atoms with E-state index in [1.165, 1.54) is 5.56 Å². The molecular weight excluding hydrogens is 260 g/mol. The van der Waals surface area contributed by atoms with Crippen molar-refractivity contribution in [3.05, 3.63) is 88.3 Å². The van der Waals surface area contributed by atoms with E-state index in [1.54, 1.807) is 6.07 Å². The first-order valence-electron chi connectivity index (χ1n) is 7.01. The number of hydrogen-bond donors (Lipinski definition) is 1. The van der Waals surface area contributed by atoms with Gasteiger partial charge in [0, 0.05) is 17.3 Å². The van der Waals surface area contributed by atoms with Crippen molar-refractivity contribution in [2.75, 3.05) is 0 Å². The maximum absolute atomic E-state index is 11.8. The minimum atomic E-state index is -0.105. The van der Waals surface area contributed by atoms with Crippen molar-refractivity contribution < 1.29 is 0 Å². The van der Waals surface area contributed by atoms with E-state index in [0.717, 1.165) is 24.1 Å². The highest BCUT2D eigenvalue weighted by Crippen LogP contribution is 2.13. The van der Waals surface area contributed by atoms with Gasteiger partial charge in [0.25, 0.3) is 5.56 Å². The summed E-state index contributed by atoms with van der Waals surface area (Å²) >= 11 is 0. The van der Waals surface area contributed by atoms with E-state index in [2.05, 4.69) is 22.1 Å². The van der Waals surface area contributed by atoms with Gasteiger partial charge >= 0.3 is 0 Å². The summed E-state index contributed by atoms with van der Waals surface area (Å²) in [6, 6.07) is 21.5. The molecule has 1 aromatic heterocycles. The predicted octanol–water partition coefficient (Wildman–Crippen LogP) is 3.22. The van der Waals surface area contributed by atoms with Crippen molar-refractivity contribution in [2.45, 2.75) is 12.8 Å². The predicted molar refractivity (Wildman–Crippen MR) is 84.1 cm³/mol. The smallest absolute Gasteiger partial charge is 0.251 e. The molecule has 0 fully saturated rings. The van der Waals surface area contributed by atoms with E-state index in [1.807, 2.05) is 48.5 Å². The fourth-order valence-corrected chi connectivity index (χ4v) is 2.29. The molecule has 0 aliphatic rings. The van der Waals surface area contributed by atoms with Gasteiger partial charge in [-0.3, -0.25) is 4.79 Å². The Morgan fingerprint density at radius 3 is 2.24 bits per heavy atom. The number of rotatable bonds is 4. The lowest BCUT2D eigenvalue weighted by molar-refractivity contribution is 0.897. The highest BCUT2D eigenvalue weighted by Gasteiger charge is 2.04. The van der Waals surface area contributed by atoms with Crippen LogP contribution in [0.5, 0.6) is 0 Å². The van der Waals surface area contributed by atoms with Crippen molar-refractivity contribution in [1.29, 1.82) is 0 Å². The largest absolute Gasteiger partial charge is 0.307 e. The van der Waals surface area contributed by atoms with Crippen LogP contribution in [-0.2, 0) is 12.8 Å². The number of H-pyrrole nitrogens is 1. The molecule has 104 valence electrons. The van der Waals surface area contributed by atoms with Crippen LogP contribution in [0, 0.1) is 0 Å². The van der Waals surface area contributed by atoms with Crippen molar-refractivity contribution in [3.8, 4) is 11.4 Å². The van der Waals surface area contributed by atoms with Gasteiger partial charge in [-0.2, -0.15) is 0 Å². The second-order valence-electron chi connectivity index (χ2n) is 4.94. The molecule has 0 saturated heterocycles. The number of aromatic amines is 1. The van der Waals surface area contributed by atoms with Gasteiger partial charge in [-0.25, -0.2) is 4.98 Å². The number of aryl methyl sites for hydroxylation is 2. The third-order valence-electron chi connectivity index (χ3n) is 3.35. The molecule has 3 heteroatoms. The quantitative estimate of drug-likeness (QED) is 0.795. The highest BCUT2D eigenvalue weighted by molar-refractivity contribution is 5.54. The second kappa shape index (κ2) is 6.18. The SMILES string of the molecule is O=c1cc(CCc2ccccc2)nc(-c2ccccc2)[nH]1. The minimum absolute atomic E-state index is 0.105. The molecule has 0 unspecified atom stereocenters. The molecule has 0 aliphatic carbocycles. The fraction of sp³-hybridized carbons (Fsp3) is 0.111. The molecule has 1 heterocycles. The topological polar surface area (TPSA) is 45.8 Å². The lowest BCUT2D eigenvalue weighted by atomic mass is 10.1. The Hall–Kier alpha value is -2.68. The zero-order valence-corrected chi connectivity index (χ0v) is 11.6. The zero-order chi connectivity index (χ0) is 14.5. The molecule has 1 N–H and O–H groups in total. The van der Waals surface area contributed by atoms with E-state index < -0.39 is 0 Å². The molecule has 0 atom stereocenters. The third-order valence-corrected chi connectivity index (χ3v) is 3.35. The number of aromatic nitrogens is 2. The van der Waals surface area contributed by atoms with Crippen molar-refractivity contribution in [3.63, 3.8) is 0 Å². The molecule has 0 radical (unpaired) electrons.